The Hall–Kier alpha value is -3.07. The molecule has 0 heterocycles. The van der Waals surface area contributed by atoms with Crippen molar-refractivity contribution in [3.8, 4) is 17.2 Å². The molecule has 0 saturated heterocycles. The number of halogens is 1. The molecule has 2 amide bonds. The van der Waals surface area contributed by atoms with E-state index in [9.17, 15) is 9.59 Å². The quantitative estimate of drug-likeness (QED) is 0.476. The fraction of sp³-hybridized carbons (Fsp3) is 0.211. The number of hydrogen-bond donors (Lipinski definition) is 2. The summed E-state index contributed by atoms with van der Waals surface area (Å²) in [6, 6.07) is 10.1. The van der Waals surface area contributed by atoms with Crippen LogP contribution in [0.15, 0.2) is 46.0 Å². The Bertz CT molecular complexity index is 886. The summed E-state index contributed by atoms with van der Waals surface area (Å²) in [7, 11) is 4.56. The van der Waals surface area contributed by atoms with Gasteiger partial charge in [0, 0.05) is 5.56 Å². The van der Waals surface area contributed by atoms with Crippen molar-refractivity contribution in [1.29, 1.82) is 0 Å². The highest BCUT2D eigenvalue weighted by Crippen LogP contribution is 2.27. The summed E-state index contributed by atoms with van der Waals surface area (Å²) in [4.78, 5) is 24.0. The Morgan fingerprint density at radius 3 is 2.32 bits per heavy atom. The van der Waals surface area contributed by atoms with Gasteiger partial charge in [-0.05, 0) is 57.9 Å². The molecule has 0 atom stereocenters. The van der Waals surface area contributed by atoms with Gasteiger partial charge in [0.15, 0.2) is 11.5 Å². The van der Waals surface area contributed by atoms with E-state index in [0.717, 1.165) is 10.0 Å². The van der Waals surface area contributed by atoms with Crippen LogP contribution in [0.3, 0.4) is 0 Å². The van der Waals surface area contributed by atoms with Gasteiger partial charge in [0.05, 0.1) is 38.6 Å². The minimum absolute atomic E-state index is 0.225. The Labute approximate surface area is 171 Å². The lowest BCUT2D eigenvalue weighted by Crippen LogP contribution is -2.34. The lowest BCUT2D eigenvalue weighted by atomic mass is 10.2. The number of carbonyl (C=O) groups is 2. The van der Waals surface area contributed by atoms with Crippen LogP contribution in [0.2, 0.25) is 0 Å². The van der Waals surface area contributed by atoms with E-state index in [0.29, 0.717) is 22.8 Å². The number of nitrogens with one attached hydrogen (secondary N) is 2. The molecule has 0 aliphatic heterocycles. The summed E-state index contributed by atoms with van der Waals surface area (Å²) in [6.07, 6.45) is 1.48. The van der Waals surface area contributed by atoms with E-state index in [1.54, 1.807) is 37.4 Å². The summed E-state index contributed by atoms with van der Waals surface area (Å²) in [6.45, 7) is -0.225. The van der Waals surface area contributed by atoms with Gasteiger partial charge in [-0.25, -0.2) is 5.43 Å². The predicted octanol–water partition coefficient (Wildman–Crippen LogP) is 2.35. The third kappa shape index (κ3) is 5.71. The number of nitrogens with zero attached hydrogens (tertiary/aromatic N) is 1. The Morgan fingerprint density at radius 2 is 1.68 bits per heavy atom. The van der Waals surface area contributed by atoms with Crippen LogP contribution in [-0.4, -0.2) is 45.9 Å². The maximum atomic E-state index is 12.2. The zero-order valence-electron chi connectivity index (χ0n) is 15.6. The highest BCUT2D eigenvalue weighted by Gasteiger charge is 2.11. The third-order valence-corrected chi connectivity index (χ3v) is 4.25. The second kappa shape index (κ2) is 10.3. The molecule has 0 spiro atoms. The van der Waals surface area contributed by atoms with Gasteiger partial charge in [0.1, 0.15) is 5.75 Å². The molecule has 28 heavy (non-hydrogen) atoms. The van der Waals surface area contributed by atoms with Crippen LogP contribution < -0.4 is 25.0 Å². The molecule has 8 nitrogen and oxygen atoms in total. The van der Waals surface area contributed by atoms with Gasteiger partial charge in [-0.1, -0.05) is 0 Å². The molecule has 0 bridgehead atoms. The molecule has 0 unspecified atom stereocenters. The first-order chi connectivity index (χ1) is 13.5. The van der Waals surface area contributed by atoms with Crippen LogP contribution in [0, 0.1) is 0 Å². The number of hydrazone groups is 1. The molecule has 148 valence electrons. The number of benzene rings is 2. The fourth-order valence-corrected chi connectivity index (χ4v) is 2.78. The van der Waals surface area contributed by atoms with Gasteiger partial charge in [-0.15, -0.1) is 0 Å². The molecule has 0 saturated carbocycles. The largest absolute Gasteiger partial charge is 0.496 e. The zero-order chi connectivity index (χ0) is 20.5. The molecule has 2 rings (SSSR count). The van der Waals surface area contributed by atoms with Crippen LogP contribution >= 0.6 is 15.9 Å². The second-order valence-corrected chi connectivity index (χ2v) is 6.29. The maximum Gasteiger partial charge on any atom is 0.259 e. The van der Waals surface area contributed by atoms with E-state index in [4.69, 9.17) is 14.2 Å². The lowest BCUT2D eigenvalue weighted by Gasteiger charge is -2.09. The first-order valence-corrected chi connectivity index (χ1v) is 8.93. The summed E-state index contributed by atoms with van der Waals surface area (Å²) in [5.74, 6) is 0.752. The number of ether oxygens (including phenoxy) is 3. The lowest BCUT2D eigenvalue weighted by molar-refractivity contribution is -0.120. The Balaban J connectivity index is 1.86. The molecule has 0 aliphatic rings. The molecule has 0 radical (unpaired) electrons. The SMILES string of the molecule is COc1ccc(/C=N\NC(=O)CNC(=O)c2ccc(OC)c(OC)c2)cc1Br. The third-order valence-electron chi connectivity index (χ3n) is 3.63. The highest BCUT2D eigenvalue weighted by molar-refractivity contribution is 9.10. The van der Waals surface area contributed by atoms with E-state index < -0.39 is 11.8 Å². The number of methoxy groups -OCH3 is 3. The minimum atomic E-state index is -0.461. The fourth-order valence-electron chi connectivity index (χ4n) is 2.22. The molecule has 2 N–H and O–H groups in total. The summed E-state index contributed by atoms with van der Waals surface area (Å²) in [5.41, 5.74) is 3.46. The van der Waals surface area contributed by atoms with Gasteiger partial charge in [-0.3, -0.25) is 9.59 Å². The molecule has 0 aromatic heterocycles. The molecular formula is C19H20BrN3O5. The monoisotopic (exact) mass is 449 g/mol. The minimum Gasteiger partial charge on any atom is -0.496 e. The number of amides is 2. The van der Waals surface area contributed by atoms with E-state index >= 15 is 0 Å². The van der Waals surface area contributed by atoms with Crippen molar-refractivity contribution in [3.05, 3.63) is 52.0 Å². The normalized spacial score (nSPS) is 10.4. The van der Waals surface area contributed by atoms with E-state index in [1.807, 2.05) is 0 Å². The van der Waals surface area contributed by atoms with E-state index in [1.165, 1.54) is 26.5 Å². The van der Waals surface area contributed by atoms with Crippen LogP contribution in [0.25, 0.3) is 0 Å². The van der Waals surface area contributed by atoms with Crippen LogP contribution in [-0.2, 0) is 4.79 Å². The standard InChI is InChI=1S/C19H20BrN3O5/c1-26-15-6-4-12(8-14(15)20)10-22-23-18(24)11-21-19(25)13-5-7-16(27-2)17(9-13)28-3/h4-10H,11H2,1-3H3,(H,21,25)(H,23,24)/b22-10-. The first kappa shape index (κ1) is 21.2. The van der Waals surface area contributed by atoms with Gasteiger partial charge < -0.3 is 19.5 Å². The predicted molar refractivity (Wildman–Crippen MR) is 108 cm³/mol. The van der Waals surface area contributed by atoms with Crippen molar-refractivity contribution in [1.82, 2.24) is 10.7 Å². The summed E-state index contributed by atoms with van der Waals surface area (Å²) in [5, 5.41) is 6.38. The zero-order valence-corrected chi connectivity index (χ0v) is 17.2. The van der Waals surface area contributed by atoms with Crippen molar-refractivity contribution < 1.29 is 23.8 Å². The van der Waals surface area contributed by atoms with E-state index in [-0.39, 0.29) is 6.54 Å². The number of carbonyl (C=O) groups excluding carboxylic acids is 2. The topological polar surface area (TPSA) is 98.2 Å². The molecule has 2 aromatic carbocycles. The molecule has 0 aliphatic carbocycles. The second-order valence-electron chi connectivity index (χ2n) is 5.44. The molecular weight excluding hydrogens is 430 g/mol. The van der Waals surface area contributed by atoms with Crippen molar-refractivity contribution in [3.63, 3.8) is 0 Å². The smallest absolute Gasteiger partial charge is 0.259 e. The van der Waals surface area contributed by atoms with Gasteiger partial charge >= 0.3 is 0 Å². The van der Waals surface area contributed by atoms with Gasteiger partial charge in [-0.2, -0.15) is 5.10 Å². The van der Waals surface area contributed by atoms with Crippen LogP contribution in [0.1, 0.15) is 15.9 Å². The van der Waals surface area contributed by atoms with E-state index in [2.05, 4.69) is 31.8 Å². The maximum absolute atomic E-state index is 12.2. The Kier molecular flexibility index (Phi) is 7.82. The van der Waals surface area contributed by atoms with Crippen LogP contribution in [0.4, 0.5) is 0 Å². The van der Waals surface area contributed by atoms with Crippen LogP contribution in [0.5, 0.6) is 17.2 Å². The number of rotatable bonds is 8. The number of hydrogen-bond acceptors (Lipinski definition) is 6. The molecule has 9 heteroatoms. The summed E-state index contributed by atoms with van der Waals surface area (Å²) < 4.78 is 16.2. The van der Waals surface area contributed by atoms with Crippen molar-refractivity contribution in [2.24, 2.45) is 5.10 Å². The van der Waals surface area contributed by atoms with Gasteiger partial charge in [0.25, 0.3) is 11.8 Å². The van der Waals surface area contributed by atoms with Gasteiger partial charge in [0.2, 0.25) is 0 Å². The first-order valence-electron chi connectivity index (χ1n) is 8.14. The van der Waals surface area contributed by atoms with Crippen molar-refractivity contribution in [2.45, 2.75) is 0 Å². The summed E-state index contributed by atoms with van der Waals surface area (Å²) >= 11 is 3.37. The van der Waals surface area contributed by atoms with Crippen molar-refractivity contribution >= 4 is 34.0 Å². The van der Waals surface area contributed by atoms with Crippen molar-refractivity contribution in [2.75, 3.05) is 27.9 Å². The average molecular weight is 450 g/mol. The molecule has 0 fully saturated rings. The Morgan fingerprint density at radius 1 is 1.00 bits per heavy atom. The average Bonchev–Trinajstić information content (AvgIpc) is 2.71. The highest BCUT2D eigenvalue weighted by atomic mass is 79.9. The molecule has 2 aromatic rings.